The van der Waals surface area contributed by atoms with Gasteiger partial charge in [-0.2, -0.15) is 0 Å². The molecule has 12 heteroatoms. The molecule has 0 bridgehead atoms. The number of rotatable bonds is 21. The van der Waals surface area contributed by atoms with Gasteiger partial charge in [-0.1, -0.05) is 72.8 Å². The fraction of sp³-hybridized carbons (Fsp3) is 0.423. The van der Waals surface area contributed by atoms with Crippen molar-refractivity contribution in [1.29, 1.82) is 0 Å². The van der Waals surface area contributed by atoms with Crippen molar-refractivity contribution in [2.24, 2.45) is 0 Å². The van der Waals surface area contributed by atoms with Crippen LogP contribution < -0.4 is 0 Å². The first-order chi connectivity index (χ1) is 30.6. The van der Waals surface area contributed by atoms with Crippen LogP contribution in [-0.4, -0.2) is 83.3 Å². The number of hydrogen-bond acceptors (Lipinski definition) is 12. The lowest BCUT2D eigenvalue weighted by atomic mass is 9.87. The van der Waals surface area contributed by atoms with E-state index in [0.717, 1.165) is 0 Å². The van der Waals surface area contributed by atoms with Gasteiger partial charge in [0.15, 0.2) is 11.6 Å². The minimum Gasteiger partial charge on any atom is -0.462 e. The zero-order chi connectivity index (χ0) is 45.8. The SMILES string of the molecule is C[C@](CCCOC(=O)c1ccccc1)(OC(=O)c1ccccc1)[C@H]1CC[C@@](C)(C(=O)CCC(=O)[C@]2(C)CC[C@@H]([C@](C)(CCCOC(=O)c3ccccc3)OC(=O)c3ccccc3)O2)O1. The third-order valence-electron chi connectivity index (χ3n) is 12.5. The Hall–Kier alpha value is -5.98. The summed E-state index contributed by atoms with van der Waals surface area (Å²) < 4.78 is 36.4. The summed E-state index contributed by atoms with van der Waals surface area (Å²) in [6.07, 6.45) is 1.27. The normalized spacial score (nSPS) is 22.3. The lowest BCUT2D eigenvalue weighted by molar-refractivity contribution is -0.161. The Balaban J connectivity index is 1.06. The molecular weight excluding hydrogens is 817 g/mol. The molecule has 0 spiro atoms. The number of esters is 4. The van der Waals surface area contributed by atoms with Crippen molar-refractivity contribution >= 4 is 35.4 Å². The van der Waals surface area contributed by atoms with Gasteiger partial charge in [-0.15, -0.1) is 0 Å². The van der Waals surface area contributed by atoms with E-state index in [4.69, 9.17) is 28.4 Å². The van der Waals surface area contributed by atoms with E-state index in [-0.39, 0.29) is 50.5 Å². The molecule has 6 atom stereocenters. The fourth-order valence-corrected chi connectivity index (χ4v) is 8.44. The molecule has 4 aromatic carbocycles. The molecule has 12 nitrogen and oxygen atoms in total. The van der Waals surface area contributed by atoms with E-state index in [1.54, 1.807) is 137 Å². The molecule has 338 valence electrons. The molecule has 6 rings (SSSR count). The Morgan fingerprint density at radius 3 is 1.11 bits per heavy atom. The van der Waals surface area contributed by atoms with E-state index in [1.807, 2.05) is 12.1 Å². The molecule has 2 saturated heterocycles. The van der Waals surface area contributed by atoms with E-state index < -0.39 is 58.5 Å². The fourth-order valence-electron chi connectivity index (χ4n) is 8.44. The van der Waals surface area contributed by atoms with Crippen LogP contribution in [0, 0.1) is 0 Å². The summed E-state index contributed by atoms with van der Waals surface area (Å²) in [5.41, 5.74) is -3.27. The van der Waals surface area contributed by atoms with E-state index in [2.05, 4.69) is 0 Å². The summed E-state index contributed by atoms with van der Waals surface area (Å²) in [5, 5.41) is 0. The molecule has 2 aliphatic rings. The minimum absolute atomic E-state index is 0.0811. The molecule has 4 aromatic rings. The van der Waals surface area contributed by atoms with Gasteiger partial charge in [0.1, 0.15) is 22.4 Å². The van der Waals surface area contributed by atoms with Crippen molar-refractivity contribution < 1.29 is 57.2 Å². The number of ether oxygens (including phenoxy) is 6. The highest BCUT2D eigenvalue weighted by molar-refractivity contribution is 5.94. The van der Waals surface area contributed by atoms with Crippen LogP contribution in [0.4, 0.5) is 0 Å². The second-order valence-corrected chi connectivity index (χ2v) is 17.4. The van der Waals surface area contributed by atoms with Crippen LogP contribution in [-0.2, 0) is 38.0 Å². The first kappa shape index (κ1) is 47.5. The number of hydrogen-bond donors (Lipinski definition) is 0. The number of benzene rings is 4. The standard InChI is InChI=1S/C52H58O12/c1-49(33-29-43(61-49)51(3,63-47(57)39-23-13-7-14-24-39)31-17-35-59-45(55)37-19-9-5-10-20-37)41(53)27-28-42(54)50(2)34-30-44(62-50)52(4,64-48(58)40-25-15-8-16-26-40)32-18-36-60-46(56)38-21-11-6-12-22-38/h5-16,19-26,43-44H,17-18,27-36H2,1-4H3/t43-,44+,49-,50-,51-,52+/m0/s1. The summed E-state index contributed by atoms with van der Waals surface area (Å²) in [7, 11) is 0. The minimum atomic E-state index is -1.25. The average molecular weight is 875 g/mol. The first-order valence-electron chi connectivity index (χ1n) is 22.1. The van der Waals surface area contributed by atoms with Crippen LogP contribution in [0.3, 0.4) is 0 Å². The molecule has 0 aliphatic carbocycles. The molecule has 0 saturated carbocycles. The third kappa shape index (κ3) is 12.0. The Kier molecular flexibility index (Phi) is 15.7. The number of carbonyl (C=O) groups is 6. The lowest BCUT2D eigenvalue weighted by Gasteiger charge is -2.36. The van der Waals surface area contributed by atoms with Crippen LogP contribution in [0.2, 0.25) is 0 Å². The monoisotopic (exact) mass is 874 g/mol. The van der Waals surface area contributed by atoms with Gasteiger partial charge in [0, 0.05) is 12.8 Å². The average Bonchev–Trinajstić information content (AvgIpc) is 3.94. The Labute approximate surface area is 374 Å². The van der Waals surface area contributed by atoms with Gasteiger partial charge in [-0.25, -0.2) is 19.2 Å². The van der Waals surface area contributed by atoms with Gasteiger partial charge in [0.05, 0.1) is 47.7 Å². The summed E-state index contributed by atoms with van der Waals surface area (Å²) in [5.74, 6) is -2.53. The van der Waals surface area contributed by atoms with Gasteiger partial charge in [-0.05, 0) is 128 Å². The van der Waals surface area contributed by atoms with Crippen LogP contribution in [0.5, 0.6) is 0 Å². The molecule has 0 radical (unpaired) electrons. The number of Topliss-reactive ketones (excluding diaryl/α,β-unsaturated/α-hetero) is 2. The van der Waals surface area contributed by atoms with Gasteiger partial charge < -0.3 is 28.4 Å². The Morgan fingerprint density at radius 1 is 0.500 bits per heavy atom. The maximum absolute atomic E-state index is 14.0. The van der Waals surface area contributed by atoms with E-state index in [0.29, 0.717) is 60.8 Å². The van der Waals surface area contributed by atoms with Crippen molar-refractivity contribution in [2.45, 2.75) is 127 Å². The van der Waals surface area contributed by atoms with Crippen LogP contribution >= 0.6 is 0 Å². The summed E-state index contributed by atoms with van der Waals surface area (Å²) in [6.45, 7) is 7.11. The largest absolute Gasteiger partial charge is 0.462 e. The maximum Gasteiger partial charge on any atom is 0.338 e. The zero-order valence-electron chi connectivity index (χ0n) is 37.1. The molecule has 64 heavy (non-hydrogen) atoms. The smallest absolute Gasteiger partial charge is 0.338 e. The molecule has 0 aromatic heterocycles. The Bertz CT molecular complexity index is 2070. The highest BCUT2D eigenvalue weighted by Gasteiger charge is 2.52. The van der Waals surface area contributed by atoms with Gasteiger partial charge in [0.25, 0.3) is 0 Å². The second kappa shape index (κ2) is 21.1. The molecule has 0 amide bonds. The molecule has 2 heterocycles. The van der Waals surface area contributed by atoms with E-state index in [9.17, 15) is 28.8 Å². The van der Waals surface area contributed by atoms with E-state index >= 15 is 0 Å². The molecule has 2 fully saturated rings. The predicted octanol–water partition coefficient (Wildman–Crippen LogP) is 9.29. The zero-order valence-corrected chi connectivity index (χ0v) is 37.1. The number of ketones is 2. The number of carbonyl (C=O) groups excluding carboxylic acids is 6. The highest BCUT2D eigenvalue weighted by atomic mass is 16.6. The maximum atomic E-state index is 14.0. The second-order valence-electron chi connectivity index (χ2n) is 17.4. The van der Waals surface area contributed by atoms with E-state index in [1.165, 1.54) is 0 Å². The summed E-state index contributed by atoms with van der Waals surface area (Å²) in [4.78, 5) is 79.9. The van der Waals surface area contributed by atoms with Crippen molar-refractivity contribution in [1.82, 2.24) is 0 Å². The molecule has 2 aliphatic heterocycles. The predicted molar refractivity (Wildman–Crippen MR) is 237 cm³/mol. The van der Waals surface area contributed by atoms with Crippen molar-refractivity contribution in [2.75, 3.05) is 13.2 Å². The quantitative estimate of drug-likeness (QED) is 0.0445. The van der Waals surface area contributed by atoms with Crippen molar-refractivity contribution in [3.05, 3.63) is 144 Å². The van der Waals surface area contributed by atoms with Gasteiger partial charge in [-0.3, -0.25) is 9.59 Å². The van der Waals surface area contributed by atoms with Crippen LogP contribution in [0.15, 0.2) is 121 Å². The van der Waals surface area contributed by atoms with Gasteiger partial charge in [0.2, 0.25) is 0 Å². The van der Waals surface area contributed by atoms with Crippen molar-refractivity contribution in [3.63, 3.8) is 0 Å². The van der Waals surface area contributed by atoms with Crippen LogP contribution in [0.1, 0.15) is 133 Å². The third-order valence-corrected chi connectivity index (χ3v) is 12.5. The summed E-state index contributed by atoms with van der Waals surface area (Å²) >= 11 is 0. The highest BCUT2D eigenvalue weighted by Crippen LogP contribution is 2.43. The molecular formula is C52H58O12. The molecule has 0 N–H and O–H groups in total. The van der Waals surface area contributed by atoms with Gasteiger partial charge >= 0.3 is 23.9 Å². The van der Waals surface area contributed by atoms with Crippen LogP contribution in [0.25, 0.3) is 0 Å². The molecule has 0 unspecified atom stereocenters. The topological polar surface area (TPSA) is 158 Å². The Morgan fingerprint density at radius 2 is 0.797 bits per heavy atom. The lowest BCUT2D eigenvalue weighted by Crippen LogP contribution is -2.47. The summed E-state index contributed by atoms with van der Waals surface area (Å²) in [6, 6.07) is 34.5. The first-order valence-corrected chi connectivity index (χ1v) is 22.1. The van der Waals surface area contributed by atoms with Crippen molar-refractivity contribution in [3.8, 4) is 0 Å².